The average molecular weight is 372 g/mol. The number of para-hydroxylation sites is 1. The minimum atomic E-state index is -0.102. The summed E-state index contributed by atoms with van der Waals surface area (Å²) in [4.78, 5) is 18.0. The molecule has 3 aromatic carbocycles. The third-order valence-electron chi connectivity index (χ3n) is 4.72. The lowest BCUT2D eigenvalue weighted by atomic mass is 9.88. The zero-order chi connectivity index (χ0) is 18.6. The van der Waals surface area contributed by atoms with Gasteiger partial charge in [0, 0.05) is 19.4 Å². The van der Waals surface area contributed by atoms with Crippen molar-refractivity contribution in [3.8, 4) is 0 Å². The third-order valence-corrected chi connectivity index (χ3v) is 5.83. The van der Waals surface area contributed by atoms with Gasteiger partial charge in [0.05, 0.1) is 10.2 Å². The molecule has 0 aliphatic rings. The second kappa shape index (κ2) is 7.72. The van der Waals surface area contributed by atoms with E-state index in [1.807, 2.05) is 66.2 Å². The molecule has 1 amide bonds. The number of carbonyl (C=O) groups excluding carboxylic acids is 1. The Hall–Kier alpha value is -2.98. The lowest BCUT2D eigenvalue weighted by Crippen LogP contribution is -2.15. The molecular weight excluding hydrogens is 352 g/mol. The lowest BCUT2D eigenvalue weighted by molar-refractivity contribution is -0.118. The first kappa shape index (κ1) is 17.4. The summed E-state index contributed by atoms with van der Waals surface area (Å²) in [5.41, 5.74) is 3.36. The molecule has 4 heteroatoms. The molecule has 0 spiro atoms. The summed E-state index contributed by atoms with van der Waals surface area (Å²) in [6.07, 6.45) is 0.349. The van der Waals surface area contributed by atoms with Crippen LogP contribution in [0.4, 0.5) is 0 Å². The minimum absolute atomic E-state index is 0.00309. The Balaban J connectivity index is 1.69. The van der Waals surface area contributed by atoms with Gasteiger partial charge in [-0.1, -0.05) is 84.1 Å². The van der Waals surface area contributed by atoms with Crippen LogP contribution in [-0.4, -0.2) is 10.5 Å². The van der Waals surface area contributed by atoms with Gasteiger partial charge in [0.1, 0.15) is 0 Å². The van der Waals surface area contributed by atoms with E-state index in [9.17, 15) is 4.79 Å². The van der Waals surface area contributed by atoms with Crippen molar-refractivity contribution in [1.29, 1.82) is 0 Å². The number of rotatable bonds is 4. The Labute approximate surface area is 162 Å². The smallest absolute Gasteiger partial charge is 0.249 e. The number of aryl methyl sites for hydroxylation is 1. The van der Waals surface area contributed by atoms with Crippen molar-refractivity contribution in [3.05, 3.63) is 101 Å². The molecule has 0 aliphatic carbocycles. The van der Waals surface area contributed by atoms with Crippen LogP contribution in [0.25, 0.3) is 10.2 Å². The molecule has 0 N–H and O–H groups in total. The Kier molecular flexibility index (Phi) is 4.99. The molecule has 0 atom stereocenters. The fourth-order valence-corrected chi connectivity index (χ4v) is 4.35. The van der Waals surface area contributed by atoms with E-state index in [1.165, 1.54) is 0 Å². The second-order valence-electron chi connectivity index (χ2n) is 6.49. The molecule has 4 aromatic rings. The maximum absolute atomic E-state index is 12.8. The Morgan fingerprint density at radius 1 is 0.889 bits per heavy atom. The number of fused-ring (bicyclic) bond motifs is 1. The van der Waals surface area contributed by atoms with Crippen LogP contribution < -0.4 is 4.80 Å². The van der Waals surface area contributed by atoms with Gasteiger partial charge in [-0.25, -0.2) is 0 Å². The molecule has 0 aliphatic heterocycles. The first-order valence-corrected chi connectivity index (χ1v) is 9.76. The van der Waals surface area contributed by atoms with Crippen LogP contribution in [0.2, 0.25) is 0 Å². The van der Waals surface area contributed by atoms with Gasteiger partial charge in [0.25, 0.3) is 0 Å². The first-order chi connectivity index (χ1) is 13.2. The van der Waals surface area contributed by atoms with Crippen LogP contribution >= 0.6 is 11.3 Å². The van der Waals surface area contributed by atoms with Crippen molar-refractivity contribution < 1.29 is 4.79 Å². The Bertz CT molecular complexity index is 1090. The van der Waals surface area contributed by atoms with Crippen LogP contribution in [0.3, 0.4) is 0 Å². The zero-order valence-electron chi connectivity index (χ0n) is 15.1. The van der Waals surface area contributed by atoms with Gasteiger partial charge < -0.3 is 4.57 Å². The van der Waals surface area contributed by atoms with E-state index >= 15 is 0 Å². The summed E-state index contributed by atoms with van der Waals surface area (Å²) in [6, 6.07) is 28.4. The highest BCUT2D eigenvalue weighted by atomic mass is 32.1. The van der Waals surface area contributed by atoms with Crippen molar-refractivity contribution in [2.24, 2.45) is 12.0 Å². The zero-order valence-corrected chi connectivity index (χ0v) is 15.9. The fraction of sp³-hybridized carbons (Fsp3) is 0.130. The predicted octanol–water partition coefficient (Wildman–Crippen LogP) is 4.89. The fourth-order valence-electron chi connectivity index (χ4n) is 3.31. The van der Waals surface area contributed by atoms with E-state index in [1.54, 1.807) is 11.3 Å². The SMILES string of the molecule is Cn1c(=NC(=O)CC(c2ccccc2)c2ccccc2)sc2ccccc21. The van der Waals surface area contributed by atoms with Gasteiger partial charge in [0.15, 0.2) is 4.80 Å². The maximum atomic E-state index is 12.8. The normalized spacial score (nSPS) is 12.0. The number of carbonyl (C=O) groups is 1. The molecule has 0 radical (unpaired) electrons. The number of thiazole rings is 1. The molecule has 1 aromatic heterocycles. The van der Waals surface area contributed by atoms with Crippen molar-refractivity contribution in [1.82, 2.24) is 4.57 Å². The summed E-state index contributed by atoms with van der Waals surface area (Å²) in [5, 5.41) is 0. The van der Waals surface area contributed by atoms with Crippen LogP contribution in [0.15, 0.2) is 89.9 Å². The van der Waals surface area contributed by atoms with Crippen molar-refractivity contribution in [3.63, 3.8) is 0 Å². The van der Waals surface area contributed by atoms with Crippen molar-refractivity contribution in [2.75, 3.05) is 0 Å². The van der Waals surface area contributed by atoms with Gasteiger partial charge in [-0.05, 0) is 23.3 Å². The van der Waals surface area contributed by atoms with Crippen LogP contribution in [0, 0.1) is 0 Å². The molecule has 0 bridgehead atoms. The Morgan fingerprint density at radius 3 is 2.04 bits per heavy atom. The standard InChI is InChI=1S/C23H20N2OS/c1-25-20-14-8-9-15-21(20)27-23(25)24-22(26)16-19(17-10-4-2-5-11-17)18-12-6-3-7-13-18/h2-15,19H,16H2,1H3. The van der Waals surface area contributed by atoms with Crippen LogP contribution in [0.5, 0.6) is 0 Å². The number of benzene rings is 3. The third kappa shape index (κ3) is 3.76. The number of hydrogen-bond acceptors (Lipinski definition) is 2. The van der Waals surface area contributed by atoms with Gasteiger partial charge in [-0.15, -0.1) is 0 Å². The molecule has 0 unspecified atom stereocenters. The van der Waals surface area contributed by atoms with Gasteiger partial charge in [-0.2, -0.15) is 4.99 Å². The van der Waals surface area contributed by atoms with Crippen molar-refractivity contribution in [2.45, 2.75) is 12.3 Å². The topological polar surface area (TPSA) is 34.4 Å². The highest BCUT2D eigenvalue weighted by molar-refractivity contribution is 7.16. The summed E-state index contributed by atoms with van der Waals surface area (Å²) >= 11 is 1.55. The monoisotopic (exact) mass is 372 g/mol. The largest absolute Gasteiger partial charge is 0.319 e. The molecule has 0 saturated carbocycles. The summed E-state index contributed by atoms with van der Waals surface area (Å²) in [6.45, 7) is 0. The quantitative estimate of drug-likeness (QED) is 0.502. The number of nitrogens with zero attached hydrogens (tertiary/aromatic N) is 2. The van der Waals surface area contributed by atoms with Crippen molar-refractivity contribution >= 4 is 27.5 Å². The predicted molar refractivity (Wildman–Crippen MR) is 111 cm³/mol. The van der Waals surface area contributed by atoms with Gasteiger partial charge in [-0.3, -0.25) is 4.79 Å². The van der Waals surface area contributed by atoms with E-state index < -0.39 is 0 Å². The number of hydrogen-bond donors (Lipinski definition) is 0. The molecule has 134 valence electrons. The van der Waals surface area contributed by atoms with E-state index in [0.717, 1.165) is 26.1 Å². The number of aromatic nitrogens is 1. The van der Waals surface area contributed by atoms with E-state index in [-0.39, 0.29) is 11.8 Å². The van der Waals surface area contributed by atoms with Gasteiger partial charge in [0.2, 0.25) is 5.91 Å². The molecule has 0 saturated heterocycles. The summed E-state index contributed by atoms with van der Waals surface area (Å²) < 4.78 is 3.12. The van der Waals surface area contributed by atoms with E-state index in [2.05, 4.69) is 35.3 Å². The van der Waals surface area contributed by atoms with E-state index in [4.69, 9.17) is 0 Å². The first-order valence-electron chi connectivity index (χ1n) is 8.94. The maximum Gasteiger partial charge on any atom is 0.249 e. The second-order valence-corrected chi connectivity index (χ2v) is 7.50. The van der Waals surface area contributed by atoms with Gasteiger partial charge >= 0.3 is 0 Å². The number of amides is 1. The lowest BCUT2D eigenvalue weighted by Gasteiger charge is -2.16. The highest BCUT2D eigenvalue weighted by Gasteiger charge is 2.18. The Morgan fingerprint density at radius 2 is 1.44 bits per heavy atom. The molecule has 1 heterocycles. The van der Waals surface area contributed by atoms with Crippen LogP contribution in [0.1, 0.15) is 23.5 Å². The summed E-state index contributed by atoms with van der Waals surface area (Å²) in [5.74, 6) is -0.0989. The molecule has 0 fully saturated rings. The minimum Gasteiger partial charge on any atom is -0.319 e. The molecule has 3 nitrogen and oxygen atoms in total. The van der Waals surface area contributed by atoms with E-state index in [0.29, 0.717) is 6.42 Å². The highest BCUT2D eigenvalue weighted by Crippen LogP contribution is 2.28. The van der Waals surface area contributed by atoms with Crippen LogP contribution in [-0.2, 0) is 11.8 Å². The molecule has 27 heavy (non-hydrogen) atoms. The average Bonchev–Trinajstić information content (AvgIpc) is 3.03. The summed E-state index contributed by atoms with van der Waals surface area (Å²) in [7, 11) is 1.96. The molecular formula is C23H20N2OS. The molecule has 4 rings (SSSR count).